The van der Waals surface area contributed by atoms with Crippen molar-refractivity contribution in [3.63, 3.8) is 0 Å². The fourth-order valence-corrected chi connectivity index (χ4v) is 6.18. The third-order valence-corrected chi connectivity index (χ3v) is 8.52. The molecule has 2 aromatic rings. The van der Waals surface area contributed by atoms with Crippen molar-refractivity contribution in [1.82, 2.24) is 9.21 Å². The largest absolute Gasteiger partial charge is 0.338 e. The Bertz CT molecular complexity index is 1000. The molecule has 4 rings (SSSR count). The summed E-state index contributed by atoms with van der Waals surface area (Å²) in [7, 11) is -3.49. The summed E-state index contributed by atoms with van der Waals surface area (Å²) in [5.41, 5.74) is 1.74. The Hall–Kier alpha value is -1.89. The molecular formula is C24H29ClN2O3S. The van der Waals surface area contributed by atoms with Crippen molar-refractivity contribution in [1.29, 1.82) is 0 Å². The van der Waals surface area contributed by atoms with Crippen molar-refractivity contribution in [2.45, 2.75) is 49.3 Å². The van der Waals surface area contributed by atoms with E-state index in [4.69, 9.17) is 11.6 Å². The lowest BCUT2D eigenvalue weighted by Gasteiger charge is -2.26. The molecule has 1 unspecified atom stereocenters. The summed E-state index contributed by atoms with van der Waals surface area (Å²) in [5, 5.41) is 0.713. The molecule has 0 spiro atoms. The second-order valence-corrected chi connectivity index (χ2v) is 10.9. The summed E-state index contributed by atoms with van der Waals surface area (Å²) in [6.45, 7) is 2.52. The molecule has 2 heterocycles. The lowest BCUT2D eigenvalue weighted by Crippen LogP contribution is -2.36. The summed E-state index contributed by atoms with van der Waals surface area (Å²) in [4.78, 5) is 15.4. The highest BCUT2D eigenvalue weighted by Crippen LogP contribution is 2.28. The van der Waals surface area contributed by atoms with Crippen molar-refractivity contribution >= 4 is 27.5 Å². The predicted molar refractivity (Wildman–Crippen MR) is 123 cm³/mol. The molecule has 2 saturated heterocycles. The van der Waals surface area contributed by atoms with Gasteiger partial charge in [-0.2, -0.15) is 4.31 Å². The van der Waals surface area contributed by atoms with E-state index in [0.29, 0.717) is 30.2 Å². The molecule has 2 aliphatic heterocycles. The van der Waals surface area contributed by atoms with Gasteiger partial charge in [-0.05, 0) is 67.6 Å². The van der Waals surface area contributed by atoms with Crippen molar-refractivity contribution < 1.29 is 13.2 Å². The van der Waals surface area contributed by atoms with Gasteiger partial charge in [-0.15, -0.1) is 0 Å². The summed E-state index contributed by atoms with van der Waals surface area (Å²) >= 11 is 6.03. The first-order valence-corrected chi connectivity index (χ1v) is 12.9. The summed E-state index contributed by atoms with van der Waals surface area (Å²) in [5.74, 6) is 0.241. The normalized spacial score (nSPS) is 20.9. The third-order valence-electron chi connectivity index (χ3n) is 6.35. The van der Waals surface area contributed by atoms with Crippen LogP contribution in [-0.2, 0) is 10.0 Å². The minimum atomic E-state index is -3.49. The topological polar surface area (TPSA) is 57.7 Å². The van der Waals surface area contributed by atoms with Gasteiger partial charge in [0.1, 0.15) is 0 Å². The fraction of sp³-hybridized carbons (Fsp3) is 0.458. The molecule has 1 atom stereocenters. The number of nitrogens with zero attached hydrogens (tertiary/aromatic N) is 2. The van der Waals surface area contributed by atoms with Crippen molar-refractivity contribution in [2.24, 2.45) is 0 Å². The molecule has 0 saturated carbocycles. The molecule has 2 fully saturated rings. The molecule has 0 aliphatic carbocycles. The number of carbonyl (C=O) groups excluding carboxylic acids is 1. The van der Waals surface area contributed by atoms with Crippen LogP contribution in [0.15, 0.2) is 53.4 Å². The Kier molecular flexibility index (Phi) is 6.99. The Labute approximate surface area is 190 Å². The van der Waals surface area contributed by atoms with E-state index in [1.54, 1.807) is 28.6 Å². The maximum Gasteiger partial charge on any atom is 0.253 e. The number of piperidine rings is 1. The highest BCUT2D eigenvalue weighted by Gasteiger charge is 2.27. The third kappa shape index (κ3) is 5.13. The maximum absolute atomic E-state index is 13.2. The molecule has 0 N–H and O–H groups in total. The number of rotatable bonds is 4. The zero-order chi connectivity index (χ0) is 21.8. The van der Waals surface area contributed by atoms with Crippen LogP contribution < -0.4 is 0 Å². The van der Waals surface area contributed by atoms with Crippen LogP contribution in [0.3, 0.4) is 0 Å². The van der Waals surface area contributed by atoms with Gasteiger partial charge in [0, 0.05) is 42.7 Å². The van der Waals surface area contributed by atoms with E-state index in [0.717, 1.165) is 45.1 Å². The maximum atomic E-state index is 13.2. The summed E-state index contributed by atoms with van der Waals surface area (Å²) in [6.07, 6.45) is 5.96. The van der Waals surface area contributed by atoms with Crippen LogP contribution in [0.2, 0.25) is 5.02 Å². The number of amides is 1. The molecule has 31 heavy (non-hydrogen) atoms. The Balaban J connectivity index is 1.48. The van der Waals surface area contributed by atoms with Crippen LogP contribution >= 0.6 is 11.6 Å². The average Bonchev–Trinajstić information content (AvgIpc) is 3.06. The minimum Gasteiger partial charge on any atom is -0.338 e. The van der Waals surface area contributed by atoms with Crippen LogP contribution in [0.5, 0.6) is 0 Å². The van der Waals surface area contributed by atoms with Gasteiger partial charge in [-0.25, -0.2) is 8.42 Å². The molecule has 0 radical (unpaired) electrons. The first-order valence-electron chi connectivity index (χ1n) is 11.1. The van der Waals surface area contributed by atoms with Gasteiger partial charge in [0.15, 0.2) is 0 Å². The number of sulfonamides is 1. The van der Waals surface area contributed by atoms with Gasteiger partial charge < -0.3 is 4.90 Å². The molecule has 5 nitrogen and oxygen atoms in total. The van der Waals surface area contributed by atoms with Crippen LogP contribution in [0, 0.1) is 0 Å². The molecule has 0 aromatic heterocycles. The summed E-state index contributed by atoms with van der Waals surface area (Å²) in [6, 6.07) is 14.3. The summed E-state index contributed by atoms with van der Waals surface area (Å²) < 4.78 is 27.3. The monoisotopic (exact) mass is 460 g/mol. The number of likely N-dealkylation sites (tertiary alicyclic amines) is 1. The average molecular weight is 461 g/mol. The van der Waals surface area contributed by atoms with Crippen LogP contribution in [-0.4, -0.2) is 49.7 Å². The van der Waals surface area contributed by atoms with Crippen molar-refractivity contribution in [3.05, 3.63) is 64.7 Å². The number of hydrogen-bond acceptors (Lipinski definition) is 3. The van der Waals surface area contributed by atoms with E-state index in [2.05, 4.69) is 0 Å². The molecule has 1 amide bonds. The van der Waals surface area contributed by atoms with Crippen molar-refractivity contribution in [3.8, 4) is 0 Å². The van der Waals surface area contributed by atoms with Gasteiger partial charge >= 0.3 is 0 Å². The van der Waals surface area contributed by atoms with E-state index in [1.807, 2.05) is 29.2 Å². The van der Waals surface area contributed by atoms with E-state index in [9.17, 15) is 13.2 Å². The fourth-order valence-electron chi connectivity index (χ4n) is 4.54. The predicted octanol–water partition coefficient (Wildman–Crippen LogP) is 4.92. The highest BCUT2D eigenvalue weighted by atomic mass is 35.5. The van der Waals surface area contributed by atoms with Gasteiger partial charge in [0.2, 0.25) is 10.0 Å². The van der Waals surface area contributed by atoms with Gasteiger partial charge in [0.25, 0.3) is 5.91 Å². The smallest absolute Gasteiger partial charge is 0.253 e. The lowest BCUT2D eigenvalue weighted by molar-refractivity contribution is 0.0754. The van der Waals surface area contributed by atoms with Crippen molar-refractivity contribution in [2.75, 3.05) is 26.2 Å². The van der Waals surface area contributed by atoms with E-state index >= 15 is 0 Å². The second-order valence-electron chi connectivity index (χ2n) is 8.48. The SMILES string of the molecule is O=C(c1ccc(S(=O)(=O)N2CCCCC2)cc1)N1CCCCC(c2ccc(Cl)cc2)C1. The van der Waals surface area contributed by atoms with Crippen LogP contribution in [0.25, 0.3) is 0 Å². The highest BCUT2D eigenvalue weighted by molar-refractivity contribution is 7.89. The Morgan fingerprint density at radius 1 is 0.839 bits per heavy atom. The first kappa shape index (κ1) is 22.3. The minimum absolute atomic E-state index is 0.0391. The molecule has 7 heteroatoms. The van der Waals surface area contributed by atoms with Crippen LogP contribution in [0.1, 0.15) is 60.4 Å². The van der Waals surface area contributed by atoms with Crippen LogP contribution in [0.4, 0.5) is 0 Å². The zero-order valence-corrected chi connectivity index (χ0v) is 19.2. The lowest BCUT2D eigenvalue weighted by atomic mass is 9.94. The quantitative estimate of drug-likeness (QED) is 0.650. The van der Waals surface area contributed by atoms with Gasteiger partial charge in [0.05, 0.1) is 4.90 Å². The molecular weight excluding hydrogens is 432 g/mol. The van der Waals surface area contributed by atoms with E-state index in [1.165, 1.54) is 5.56 Å². The van der Waals surface area contributed by atoms with E-state index in [-0.39, 0.29) is 16.7 Å². The van der Waals surface area contributed by atoms with E-state index < -0.39 is 10.0 Å². The standard InChI is InChI=1S/C24H29ClN2O3S/c25-22-11-7-19(8-12-22)21-6-2-5-15-26(18-21)24(28)20-9-13-23(14-10-20)31(29,30)27-16-3-1-4-17-27/h7-14,21H,1-6,15-18H2. The zero-order valence-electron chi connectivity index (χ0n) is 17.7. The molecule has 0 bridgehead atoms. The first-order chi connectivity index (χ1) is 14.9. The second kappa shape index (κ2) is 9.72. The number of benzene rings is 2. The Morgan fingerprint density at radius 2 is 1.48 bits per heavy atom. The number of hydrogen-bond donors (Lipinski definition) is 0. The molecule has 2 aromatic carbocycles. The number of halogens is 1. The molecule has 166 valence electrons. The van der Waals surface area contributed by atoms with Gasteiger partial charge in [-0.3, -0.25) is 4.79 Å². The number of carbonyl (C=O) groups is 1. The van der Waals surface area contributed by atoms with Gasteiger partial charge in [-0.1, -0.05) is 36.6 Å². The Morgan fingerprint density at radius 3 is 2.16 bits per heavy atom. The molecule has 2 aliphatic rings.